The average Bonchev–Trinajstić information content (AvgIpc) is 2.38. The third-order valence-corrected chi connectivity index (χ3v) is 4.15. The van der Waals surface area contributed by atoms with Crippen LogP contribution in [0.4, 0.5) is 5.69 Å². The minimum Gasteiger partial charge on any atom is -0.366 e. The van der Waals surface area contributed by atoms with E-state index in [1.54, 1.807) is 0 Å². The first-order chi connectivity index (χ1) is 9.13. The number of hydrogen-bond donors (Lipinski definition) is 1. The van der Waals surface area contributed by atoms with Gasteiger partial charge in [-0.2, -0.15) is 0 Å². The summed E-state index contributed by atoms with van der Waals surface area (Å²) in [6, 6.07) is 8.22. The molecule has 2 atom stereocenters. The zero-order chi connectivity index (χ0) is 13.8. The number of nitrogens with zero attached hydrogens (tertiary/aromatic N) is 1. The van der Waals surface area contributed by atoms with Crippen LogP contribution in [0.15, 0.2) is 18.2 Å². The molecule has 2 nitrogen and oxygen atoms in total. The van der Waals surface area contributed by atoms with E-state index in [9.17, 15) is 0 Å². The van der Waals surface area contributed by atoms with Crippen molar-refractivity contribution in [2.75, 3.05) is 18.0 Å². The summed E-state index contributed by atoms with van der Waals surface area (Å²) in [5.74, 6) is 0. The molecule has 0 aliphatic carbocycles. The number of hydrogen-bond acceptors (Lipinski definition) is 2. The van der Waals surface area contributed by atoms with Crippen molar-refractivity contribution in [2.24, 2.45) is 0 Å². The first-order valence-electron chi connectivity index (χ1n) is 7.72. The number of aryl methyl sites for hydroxylation is 2. The lowest BCUT2D eigenvalue weighted by molar-refractivity contribution is 0.369. The predicted molar refractivity (Wildman–Crippen MR) is 84.0 cm³/mol. The molecule has 1 aromatic carbocycles. The molecule has 19 heavy (non-hydrogen) atoms. The summed E-state index contributed by atoms with van der Waals surface area (Å²) >= 11 is 0. The minimum absolute atomic E-state index is 0.634. The fourth-order valence-electron chi connectivity index (χ4n) is 3.20. The van der Waals surface area contributed by atoms with Crippen LogP contribution in [-0.2, 0) is 0 Å². The van der Waals surface area contributed by atoms with Gasteiger partial charge in [-0.05, 0) is 49.9 Å². The van der Waals surface area contributed by atoms with E-state index in [2.05, 4.69) is 56.1 Å². The molecule has 0 aromatic heterocycles. The van der Waals surface area contributed by atoms with Crippen LogP contribution < -0.4 is 10.2 Å². The quantitative estimate of drug-likeness (QED) is 0.889. The standard InChI is InChI=1S/C17H28N2/c1-5-7-15-12-19(16(6-2)11-18-15)17-9-13(3)8-14(4)10-17/h8-10,15-16,18H,5-7,11-12H2,1-4H3. The van der Waals surface area contributed by atoms with E-state index in [4.69, 9.17) is 0 Å². The summed E-state index contributed by atoms with van der Waals surface area (Å²) < 4.78 is 0. The SMILES string of the molecule is CCCC1CN(c2cc(C)cc(C)c2)C(CC)CN1. The van der Waals surface area contributed by atoms with E-state index in [-0.39, 0.29) is 0 Å². The van der Waals surface area contributed by atoms with Crippen molar-refractivity contribution >= 4 is 5.69 Å². The van der Waals surface area contributed by atoms with Crippen LogP contribution in [0.2, 0.25) is 0 Å². The van der Waals surface area contributed by atoms with Gasteiger partial charge in [0.1, 0.15) is 0 Å². The Morgan fingerprint density at radius 2 is 1.84 bits per heavy atom. The van der Waals surface area contributed by atoms with Crippen molar-refractivity contribution in [3.63, 3.8) is 0 Å². The van der Waals surface area contributed by atoms with Crippen LogP contribution in [0.5, 0.6) is 0 Å². The number of rotatable bonds is 4. The van der Waals surface area contributed by atoms with E-state index in [0.29, 0.717) is 12.1 Å². The van der Waals surface area contributed by atoms with Crippen molar-refractivity contribution in [1.29, 1.82) is 0 Å². The molecule has 0 bridgehead atoms. The summed E-state index contributed by atoms with van der Waals surface area (Å²) in [5, 5.41) is 3.71. The van der Waals surface area contributed by atoms with Gasteiger partial charge in [-0.1, -0.05) is 26.3 Å². The zero-order valence-electron chi connectivity index (χ0n) is 12.9. The molecule has 2 heteroatoms. The van der Waals surface area contributed by atoms with Crippen LogP contribution in [0.25, 0.3) is 0 Å². The number of nitrogens with one attached hydrogen (secondary N) is 1. The Labute approximate surface area is 118 Å². The van der Waals surface area contributed by atoms with Gasteiger partial charge in [-0.25, -0.2) is 0 Å². The fourth-order valence-corrected chi connectivity index (χ4v) is 3.20. The second-order valence-electron chi connectivity index (χ2n) is 5.95. The number of benzene rings is 1. The smallest absolute Gasteiger partial charge is 0.0412 e. The number of anilines is 1. The molecule has 0 amide bonds. The maximum atomic E-state index is 3.71. The van der Waals surface area contributed by atoms with E-state index < -0.39 is 0 Å². The maximum absolute atomic E-state index is 3.71. The van der Waals surface area contributed by atoms with Gasteiger partial charge in [0.05, 0.1) is 0 Å². The predicted octanol–water partition coefficient (Wildman–Crippen LogP) is 3.66. The Morgan fingerprint density at radius 1 is 1.16 bits per heavy atom. The second kappa shape index (κ2) is 6.42. The van der Waals surface area contributed by atoms with E-state index in [1.165, 1.54) is 36.1 Å². The largest absolute Gasteiger partial charge is 0.366 e. The lowest BCUT2D eigenvalue weighted by Gasteiger charge is -2.42. The molecule has 0 spiro atoms. The Morgan fingerprint density at radius 3 is 2.42 bits per heavy atom. The van der Waals surface area contributed by atoms with Crippen LogP contribution in [0.3, 0.4) is 0 Å². The molecule has 1 aromatic rings. The molecule has 106 valence electrons. The van der Waals surface area contributed by atoms with Gasteiger partial charge in [0.15, 0.2) is 0 Å². The molecular weight excluding hydrogens is 232 g/mol. The van der Waals surface area contributed by atoms with E-state index in [0.717, 1.165) is 13.1 Å². The van der Waals surface area contributed by atoms with Gasteiger partial charge in [-0.3, -0.25) is 0 Å². The maximum Gasteiger partial charge on any atom is 0.0412 e. The summed E-state index contributed by atoms with van der Waals surface area (Å²) in [6.07, 6.45) is 3.74. The molecule has 1 N–H and O–H groups in total. The van der Waals surface area contributed by atoms with E-state index >= 15 is 0 Å². The highest BCUT2D eigenvalue weighted by atomic mass is 15.2. The van der Waals surface area contributed by atoms with Crippen molar-refractivity contribution < 1.29 is 0 Å². The van der Waals surface area contributed by atoms with Crippen molar-refractivity contribution in [3.05, 3.63) is 29.3 Å². The normalized spacial score (nSPS) is 23.7. The van der Waals surface area contributed by atoms with Crippen LogP contribution >= 0.6 is 0 Å². The summed E-state index contributed by atoms with van der Waals surface area (Å²) in [4.78, 5) is 2.62. The summed E-state index contributed by atoms with van der Waals surface area (Å²) in [5.41, 5.74) is 4.15. The van der Waals surface area contributed by atoms with Gasteiger partial charge < -0.3 is 10.2 Å². The lowest BCUT2D eigenvalue weighted by atomic mass is 10.0. The monoisotopic (exact) mass is 260 g/mol. The highest BCUT2D eigenvalue weighted by molar-refractivity contribution is 5.52. The molecule has 1 saturated heterocycles. The van der Waals surface area contributed by atoms with Gasteiger partial charge in [0, 0.05) is 30.9 Å². The van der Waals surface area contributed by atoms with Crippen LogP contribution in [0, 0.1) is 13.8 Å². The molecule has 1 heterocycles. The molecule has 2 rings (SSSR count). The summed E-state index contributed by atoms with van der Waals surface area (Å²) in [7, 11) is 0. The Hall–Kier alpha value is -1.02. The molecule has 1 fully saturated rings. The third-order valence-electron chi connectivity index (χ3n) is 4.15. The first kappa shape index (κ1) is 14.4. The Balaban J connectivity index is 2.21. The molecule has 1 aliphatic rings. The molecule has 1 aliphatic heterocycles. The zero-order valence-corrected chi connectivity index (χ0v) is 12.9. The highest BCUT2D eigenvalue weighted by Crippen LogP contribution is 2.25. The summed E-state index contributed by atoms with van der Waals surface area (Å²) in [6.45, 7) is 11.2. The molecule has 2 unspecified atom stereocenters. The highest BCUT2D eigenvalue weighted by Gasteiger charge is 2.26. The average molecular weight is 260 g/mol. The van der Waals surface area contributed by atoms with Crippen molar-refractivity contribution in [2.45, 2.75) is 59.0 Å². The molecule has 0 radical (unpaired) electrons. The second-order valence-corrected chi connectivity index (χ2v) is 5.95. The lowest BCUT2D eigenvalue weighted by Crippen LogP contribution is -2.56. The first-order valence-corrected chi connectivity index (χ1v) is 7.72. The van der Waals surface area contributed by atoms with Crippen LogP contribution in [-0.4, -0.2) is 25.2 Å². The van der Waals surface area contributed by atoms with Crippen molar-refractivity contribution in [3.8, 4) is 0 Å². The van der Waals surface area contributed by atoms with Gasteiger partial charge in [0.2, 0.25) is 0 Å². The topological polar surface area (TPSA) is 15.3 Å². The minimum atomic E-state index is 0.634. The van der Waals surface area contributed by atoms with Crippen molar-refractivity contribution in [1.82, 2.24) is 5.32 Å². The van der Waals surface area contributed by atoms with Gasteiger partial charge >= 0.3 is 0 Å². The van der Waals surface area contributed by atoms with Gasteiger partial charge in [0.25, 0.3) is 0 Å². The Bertz CT molecular complexity index is 393. The molecular formula is C17H28N2. The number of piperazine rings is 1. The van der Waals surface area contributed by atoms with Crippen LogP contribution in [0.1, 0.15) is 44.2 Å². The molecule has 0 saturated carbocycles. The van der Waals surface area contributed by atoms with E-state index in [1.807, 2.05) is 0 Å². The third kappa shape index (κ3) is 3.50. The Kier molecular flexibility index (Phi) is 4.87. The van der Waals surface area contributed by atoms with Gasteiger partial charge in [-0.15, -0.1) is 0 Å². The fraction of sp³-hybridized carbons (Fsp3) is 0.647.